The highest BCUT2D eigenvalue weighted by atomic mass is 19.1. The predicted molar refractivity (Wildman–Crippen MR) is 131 cm³/mol. The van der Waals surface area contributed by atoms with Crippen LogP contribution in [0.4, 0.5) is 4.39 Å². The number of benzene rings is 2. The molecule has 0 saturated heterocycles. The molecule has 0 fully saturated rings. The Morgan fingerprint density at radius 1 is 0.889 bits per heavy atom. The molecule has 10 heteroatoms. The highest BCUT2D eigenvalue weighted by molar-refractivity contribution is 5.91. The molecule has 0 aliphatic carbocycles. The van der Waals surface area contributed by atoms with Gasteiger partial charge in [0.25, 0.3) is 17.0 Å². The molecule has 0 aliphatic heterocycles. The minimum absolute atomic E-state index is 0.0418. The first kappa shape index (κ1) is 24.5. The fourth-order valence-electron chi connectivity index (χ4n) is 3.46. The minimum atomic E-state index is -0.501. The molecule has 184 valence electrons. The first-order valence-corrected chi connectivity index (χ1v) is 11.3. The molecule has 4 rings (SSSR count). The molecule has 2 heterocycles. The molecular weight excluding hydrogens is 465 g/mol. The van der Waals surface area contributed by atoms with Crippen LogP contribution >= 0.6 is 0 Å². The van der Waals surface area contributed by atoms with Crippen molar-refractivity contribution < 1.29 is 13.9 Å². The van der Waals surface area contributed by atoms with Crippen molar-refractivity contribution in [2.45, 2.75) is 20.0 Å². The molecule has 9 nitrogen and oxygen atoms in total. The van der Waals surface area contributed by atoms with Gasteiger partial charge in [0.15, 0.2) is 0 Å². The summed E-state index contributed by atoms with van der Waals surface area (Å²) < 4.78 is 21.0. The van der Waals surface area contributed by atoms with Crippen molar-refractivity contribution in [2.75, 3.05) is 13.2 Å². The lowest BCUT2D eigenvalue weighted by atomic mass is 10.1. The first-order valence-electron chi connectivity index (χ1n) is 11.3. The van der Waals surface area contributed by atoms with Crippen LogP contribution in [0.3, 0.4) is 0 Å². The van der Waals surface area contributed by atoms with Crippen molar-refractivity contribution in [1.82, 2.24) is 24.9 Å². The largest absolute Gasteiger partial charge is 0.494 e. The standard InChI is InChI=1S/C26H24FN5O4/c1-2-36-21-9-5-19(6-10-21)22-11-13-24(33)31(29-22)16-15-28-26(35)23-12-14-25(34)32(30-23)17-18-3-7-20(27)8-4-18/h3-14H,2,15-17H2,1H3,(H,28,35). The third-order valence-corrected chi connectivity index (χ3v) is 5.28. The number of halogens is 1. The number of nitrogens with zero attached hydrogens (tertiary/aromatic N) is 4. The molecule has 0 radical (unpaired) electrons. The monoisotopic (exact) mass is 489 g/mol. The second-order valence-corrected chi connectivity index (χ2v) is 7.83. The summed E-state index contributed by atoms with van der Waals surface area (Å²) in [6.45, 7) is 2.84. The van der Waals surface area contributed by atoms with Crippen LogP contribution in [-0.4, -0.2) is 38.6 Å². The molecule has 0 saturated carbocycles. The number of hydrogen-bond acceptors (Lipinski definition) is 6. The van der Waals surface area contributed by atoms with Crippen molar-refractivity contribution in [3.8, 4) is 17.0 Å². The summed E-state index contributed by atoms with van der Waals surface area (Å²) in [7, 11) is 0. The lowest BCUT2D eigenvalue weighted by Crippen LogP contribution is -2.34. The molecular formula is C26H24FN5O4. The Morgan fingerprint density at radius 3 is 2.31 bits per heavy atom. The number of hydrogen-bond donors (Lipinski definition) is 1. The van der Waals surface area contributed by atoms with Crippen molar-refractivity contribution in [1.29, 1.82) is 0 Å². The van der Waals surface area contributed by atoms with Gasteiger partial charge in [-0.05, 0) is 61.0 Å². The van der Waals surface area contributed by atoms with E-state index in [1.54, 1.807) is 18.2 Å². The van der Waals surface area contributed by atoms with Crippen molar-refractivity contribution in [3.63, 3.8) is 0 Å². The molecule has 1 N–H and O–H groups in total. The number of carbonyl (C=O) groups is 1. The second kappa shape index (κ2) is 11.2. The molecule has 0 bridgehead atoms. The van der Waals surface area contributed by atoms with Gasteiger partial charge in [0, 0.05) is 24.2 Å². The summed E-state index contributed by atoms with van der Waals surface area (Å²) in [6.07, 6.45) is 0. The third-order valence-electron chi connectivity index (χ3n) is 5.28. The maximum absolute atomic E-state index is 13.1. The van der Waals surface area contributed by atoms with Crippen LogP contribution < -0.4 is 21.2 Å². The summed E-state index contributed by atoms with van der Waals surface area (Å²) in [5.74, 6) is -0.140. The summed E-state index contributed by atoms with van der Waals surface area (Å²) in [4.78, 5) is 37.0. The SMILES string of the molecule is CCOc1ccc(-c2ccc(=O)n(CCNC(=O)c3ccc(=O)n(Cc4ccc(F)cc4)n3)n2)cc1. The number of rotatable bonds is 9. The average Bonchev–Trinajstić information content (AvgIpc) is 2.88. The van der Waals surface area contributed by atoms with Crippen LogP contribution in [0.25, 0.3) is 11.3 Å². The summed E-state index contributed by atoms with van der Waals surface area (Å²) in [5.41, 5.74) is 1.45. The van der Waals surface area contributed by atoms with Crippen molar-refractivity contribution in [2.24, 2.45) is 0 Å². The van der Waals surface area contributed by atoms with Crippen LogP contribution in [0, 0.1) is 5.82 Å². The van der Waals surface area contributed by atoms with Crippen LogP contribution in [-0.2, 0) is 13.1 Å². The van der Waals surface area contributed by atoms with E-state index in [0.717, 1.165) is 16.0 Å². The van der Waals surface area contributed by atoms with E-state index in [1.807, 2.05) is 31.2 Å². The molecule has 0 atom stereocenters. The first-order chi connectivity index (χ1) is 17.4. The van der Waals surface area contributed by atoms with Gasteiger partial charge < -0.3 is 10.1 Å². The molecule has 0 aliphatic rings. The molecule has 0 spiro atoms. The van der Waals surface area contributed by atoms with E-state index >= 15 is 0 Å². The Labute approximate surface area is 205 Å². The zero-order chi connectivity index (χ0) is 25.5. The van der Waals surface area contributed by atoms with E-state index in [4.69, 9.17) is 4.74 Å². The lowest BCUT2D eigenvalue weighted by molar-refractivity contribution is 0.0944. The topological polar surface area (TPSA) is 108 Å². The second-order valence-electron chi connectivity index (χ2n) is 7.83. The summed E-state index contributed by atoms with van der Waals surface area (Å²) >= 11 is 0. The van der Waals surface area contributed by atoms with E-state index in [-0.39, 0.29) is 36.7 Å². The van der Waals surface area contributed by atoms with E-state index < -0.39 is 11.5 Å². The van der Waals surface area contributed by atoms with Gasteiger partial charge in [0.05, 0.1) is 25.4 Å². The number of nitrogens with one attached hydrogen (secondary N) is 1. The number of carbonyl (C=O) groups excluding carboxylic acids is 1. The third kappa shape index (κ3) is 6.09. The molecule has 4 aromatic rings. The fraction of sp³-hybridized carbons (Fsp3) is 0.192. The minimum Gasteiger partial charge on any atom is -0.494 e. The maximum atomic E-state index is 13.1. The molecule has 1 amide bonds. The van der Waals surface area contributed by atoms with Gasteiger partial charge in [-0.1, -0.05) is 12.1 Å². The smallest absolute Gasteiger partial charge is 0.271 e. The predicted octanol–water partition coefficient (Wildman–Crippen LogP) is 2.48. The Hall–Kier alpha value is -4.60. The van der Waals surface area contributed by atoms with Crippen LogP contribution in [0.5, 0.6) is 5.75 Å². The highest BCUT2D eigenvalue weighted by Gasteiger charge is 2.11. The van der Waals surface area contributed by atoms with Gasteiger partial charge in [-0.25, -0.2) is 13.8 Å². The van der Waals surface area contributed by atoms with Gasteiger partial charge in [-0.3, -0.25) is 14.4 Å². The molecule has 2 aromatic carbocycles. The normalized spacial score (nSPS) is 10.7. The van der Waals surface area contributed by atoms with E-state index in [2.05, 4.69) is 15.5 Å². The zero-order valence-corrected chi connectivity index (χ0v) is 19.6. The van der Waals surface area contributed by atoms with E-state index in [0.29, 0.717) is 17.9 Å². The fourth-order valence-corrected chi connectivity index (χ4v) is 3.46. The molecule has 0 unspecified atom stereocenters. The Balaban J connectivity index is 1.40. The van der Waals surface area contributed by atoms with E-state index in [9.17, 15) is 18.8 Å². The van der Waals surface area contributed by atoms with Crippen molar-refractivity contribution >= 4 is 5.91 Å². The quantitative estimate of drug-likeness (QED) is 0.387. The van der Waals surface area contributed by atoms with Gasteiger partial charge in [-0.15, -0.1) is 0 Å². The summed E-state index contributed by atoms with van der Waals surface area (Å²) in [6, 6.07) is 18.7. The van der Waals surface area contributed by atoms with Gasteiger partial charge >= 0.3 is 0 Å². The van der Waals surface area contributed by atoms with Crippen LogP contribution in [0.1, 0.15) is 23.0 Å². The summed E-state index contributed by atoms with van der Waals surface area (Å²) in [5, 5.41) is 11.2. The maximum Gasteiger partial charge on any atom is 0.271 e. The number of ether oxygens (including phenoxy) is 1. The van der Waals surface area contributed by atoms with Crippen LogP contribution in [0.15, 0.2) is 82.4 Å². The van der Waals surface area contributed by atoms with Gasteiger partial charge in [-0.2, -0.15) is 10.2 Å². The van der Waals surface area contributed by atoms with E-state index in [1.165, 1.54) is 35.0 Å². The highest BCUT2D eigenvalue weighted by Crippen LogP contribution is 2.19. The van der Waals surface area contributed by atoms with Gasteiger partial charge in [0.1, 0.15) is 17.3 Å². The van der Waals surface area contributed by atoms with Gasteiger partial charge in [0.2, 0.25) is 0 Å². The lowest BCUT2D eigenvalue weighted by Gasteiger charge is -2.10. The Bertz CT molecular complexity index is 1460. The zero-order valence-electron chi connectivity index (χ0n) is 19.6. The number of amides is 1. The molecule has 2 aromatic heterocycles. The Kier molecular flexibility index (Phi) is 7.64. The Morgan fingerprint density at radius 2 is 1.58 bits per heavy atom. The average molecular weight is 490 g/mol. The van der Waals surface area contributed by atoms with Crippen LogP contribution in [0.2, 0.25) is 0 Å². The number of aromatic nitrogens is 4. The molecule has 36 heavy (non-hydrogen) atoms. The van der Waals surface area contributed by atoms with Crippen molar-refractivity contribution in [3.05, 3.63) is 111 Å².